The van der Waals surface area contributed by atoms with Crippen LogP contribution < -0.4 is 5.73 Å². The first kappa shape index (κ1) is 20.8. The molecule has 1 atom stereocenters. The number of aromatic nitrogens is 1. The predicted octanol–water partition coefficient (Wildman–Crippen LogP) is 4.11. The van der Waals surface area contributed by atoms with Crippen molar-refractivity contribution >= 4 is 11.7 Å². The number of hydrogen-bond donors (Lipinski definition) is 1. The summed E-state index contributed by atoms with van der Waals surface area (Å²) in [4.78, 5) is 17.6. The van der Waals surface area contributed by atoms with Gasteiger partial charge in [0.1, 0.15) is 18.1 Å². The molecule has 0 spiro atoms. The molecular formula is C24H25FN4O2. The second-order valence-corrected chi connectivity index (χ2v) is 7.75. The second kappa shape index (κ2) is 9.12. The van der Waals surface area contributed by atoms with E-state index in [1.165, 1.54) is 0 Å². The van der Waals surface area contributed by atoms with E-state index >= 15 is 0 Å². The van der Waals surface area contributed by atoms with Gasteiger partial charge in [0.2, 0.25) is 0 Å². The van der Waals surface area contributed by atoms with Crippen LogP contribution in [0.15, 0.2) is 64.1 Å². The molecule has 4 rings (SSSR count). The second-order valence-electron chi connectivity index (χ2n) is 7.75. The first-order valence-electron chi connectivity index (χ1n) is 10.4. The van der Waals surface area contributed by atoms with Gasteiger partial charge in [-0.3, -0.25) is 4.79 Å². The summed E-state index contributed by atoms with van der Waals surface area (Å²) in [5.41, 5.74) is 8.98. The van der Waals surface area contributed by atoms with E-state index < -0.39 is 0 Å². The summed E-state index contributed by atoms with van der Waals surface area (Å²) in [6.07, 6.45) is 1.000. The lowest BCUT2D eigenvalue weighted by Gasteiger charge is -2.26. The number of ketones is 1. The zero-order valence-corrected chi connectivity index (χ0v) is 17.4. The normalized spacial score (nSPS) is 15.9. The van der Waals surface area contributed by atoms with E-state index in [0.717, 1.165) is 11.1 Å². The smallest absolute Gasteiger partial charge is 0.191 e. The Kier molecular flexibility index (Phi) is 6.11. The van der Waals surface area contributed by atoms with Gasteiger partial charge in [-0.15, -0.1) is 0 Å². The van der Waals surface area contributed by atoms with E-state index in [4.69, 9.17) is 10.3 Å². The number of halogens is 1. The fourth-order valence-corrected chi connectivity index (χ4v) is 3.67. The Labute approximate surface area is 180 Å². The highest BCUT2D eigenvalue weighted by atomic mass is 19.1. The number of guanidine groups is 1. The van der Waals surface area contributed by atoms with E-state index in [0.29, 0.717) is 48.9 Å². The van der Waals surface area contributed by atoms with Gasteiger partial charge in [0, 0.05) is 43.5 Å². The maximum Gasteiger partial charge on any atom is 0.191 e. The summed E-state index contributed by atoms with van der Waals surface area (Å²) in [5.74, 6) is 0.838. The van der Waals surface area contributed by atoms with Crippen LogP contribution in [0.25, 0.3) is 11.1 Å². The molecule has 0 aliphatic carbocycles. The van der Waals surface area contributed by atoms with Crippen LogP contribution in [0.3, 0.4) is 0 Å². The summed E-state index contributed by atoms with van der Waals surface area (Å²) in [5, 5.41) is 4.14. The van der Waals surface area contributed by atoms with Crippen LogP contribution in [-0.2, 0) is 11.3 Å². The third-order valence-corrected chi connectivity index (χ3v) is 5.64. The van der Waals surface area contributed by atoms with Crippen LogP contribution in [0, 0.1) is 5.82 Å². The van der Waals surface area contributed by atoms with Crippen LogP contribution in [-0.4, -0.2) is 34.9 Å². The fourth-order valence-electron chi connectivity index (χ4n) is 3.67. The van der Waals surface area contributed by atoms with E-state index in [2.05, 4.69) is 10.1 Å². The number of likely N-dealkylation sites (tertiary alicyclic amines) is 1. The lowest BCUT2D eigenvalue weighted by atomic mass is 9.94. The van der Waals surface area contributed by atoms with Crippen LogP contribution in [0.1, 0.15) is 42.7 Å². The van der Waals surface area contributed by atoms with E-state index in [9.17, 15) is 9.18 Å². The maximum absolute atomic E-state index is 14.7. The molecule has 0 saturated carbocycles. The van der Waals surface area contributed by atoms with Gasteiger partial charge < -0.3 is 15.2 Å². The molecule has 1 aliphatic heterocycles. The fraction of sp³-hybridized carbons (Fsp3) is 0.292. The van der Waals surface area contributed by atoms with Gasteiger partial charge in [-0.25, -0.2) is 9.38 Å². The topological polar surface area (TPSA) is 84.7 Å². The molecule has 1 saturated heterocycles. The minimum atomic E-state index is -0.267. The standard InChI is InChI=1S/C24H25FN4O2/c1-16(18-7-8-21(22(25)13-18)17-5-3-2-4-6-17)23-14-20(31-28-23)15-27-24(26)29-11-9-19(30)10-12-29/h2-8,13-14,16H,9-12,15H2,1H3,(H2,26,27). The van der Waals surface area contributed by atoms with Crippen molar-refractivity contribution < 1.29 is 13.7 Å². The molecule has 2 aromatic carbocycles. The van der Waals surface area contributed by atoms with Crippen molar-refractivity contribution in [2.75, 3.05) is 13.1 Å². The molecule has 160 valence electrons. The van der Waals surface area contributed by atoms with E-state index in [-0.39, 0.29) is 24.1 Å². The molecule has 3 aromatic rings. The van der Waals surface area contributed by atoms with Gasteiger partial charge >= 0.3 is 0 Å². The number of rotatable bonds is 5. The minimum Gasteiger partial charge on any atom is -0.370 e. The van der Waals surface area contributed by atoms with Crippen molar-refractivity contribution in [1.82, 2.24) is 10.1 Å². The average Bonchev–Trinajstić information content (AvgIpc) is 3.27. The van der Waals surface area contributed by atoms with Crippen molar-refractivity contribution in [3.05, 3.63) is 77.4 Å². The molecule has 31 heavy (non-hydrogen) atoms. The van der Waals surface area contributed by atoms with Gasteiger partial charge in [-0.1, -0.05) is 54.5 Å². The van der Waals surface area contributed by atoms with Gasteiger partial charge in [0.25, 0.3) is 0 Å². The number of Topliss-reactive ketones (excluding diaryl/α,β-unsaturated/α-hetero) is 1. The average molecular weight is 420 g/mol. The van der Waals surface area contributed by atoms with Crippen molar-refractivity contribution in [2.24, 2.45) is 10.7 Å². The molecular weight excluding hydrogens is 395 g/mol. The number of carbonyl (C=O) groups is 1. The molecule has 1 fully saturated rings. The minimum absolute atomic E-state index is 0.133. The number of carbonyl (C=O) groups excluding carboxylic acids is 1. The summed E-state index contributed by atoms with van der Waals surface area (Å²) in [6, 6.07) is 16.6. The molecule has 6 nitrogen and oxygen atoms in total. The van der Waals surface area contributed by atoms with Gasteiger partial charge in [0.05, 0.1) is 5.69 Å². The molecule has 0 bridgehead atoms. The number of piperidine rings is 1. The Morgan fingerprint density at radius 3 is 2.65 bits per heavy atom. The highest BCUT2D eigenvalue weighted by Crippen LogP contribution is 2.29. The quantitative estimate of drug-likeness (QED) is 0.496. The van der Waals surface area contributed by atoms with Crippen LogP contribution in [0.4, 0.5) is 4.39 Å². The summed E-state index contributed by atoms with van der Waals surface area (Å²) < 4.78 is 20.1. The highest BCUT2D eigenvalue weighted by molar-refractivity contribution is 5.84. The van der Waals surface area contributed by atoms with Crippen molar-refractivity contribution in [3.63, 3.8) is 0 Å². The Balaban J connectivity index is 1.43. The predicted molar refractivity (Wildman–Crippen MR) is 117 cm³/mol. The Bertz CT molecular complexity index is 1080. The first-order chi connectivity index (χ1) is 15.0. The Hall–Kier alpha value is -3.48. The molecule has 7 heteroatoms. The zero-order valence-electron chi connectivity index (χ0n) is 17.4. The summed E-state index contributed by atoms with van der Waals surface area (Å²) in [7, 11) is 0. The lowest BCUT2D eigenvalue weighted by Crippen LogP contribution is -2.43. The molecule has 1 unspecified atom stereocenters. The third kappa shape index (κ3) is 4.82. The molecule has 2 heterocycles. The van der Waals surface area contributed by atoms with Crippen molar-refractivity contribution in [2.45, 2.75) is 32.2 Å². The van der Waals surface area contributed by atoms with Crippen molar-refractivity contribution in [1.29, 1.82) is 0 Å². The maximum atomic E-state index is 14.7. The van der Waals surface area contributed by atoms with E-state index in [1.807, 2.05) is 54.3 Å². The molecule has 0 amide bonds. The van der Waals surface area contributed by atoms with Crippen LogP contribution >= 0.6 is 0 Å². The monoisotopic (exact) mass is 420 g/mol. The van der Waals surface area contributed by atoms with Crippen LogP contribution in [0.5, 0.6) is 0 Å². The molecule has 1 aromatic heterocycles. The highest BCUT2D eigenvalue weighted by Gasteiger charge is 2.19. The van der Waals surface area contributed by atoms with Gasteiger partial charge in [0.15, 0.2) is 11.7 Å². The number of nitrogens with two attached hydrogens (primary N) is 1. The number of benzene rings is 2. The lowest BCUT2D eigenvalue weighted by molar-refractivity contribution is -0.120. The number of hydrogen-bond acceptors (Lipinski definition) is 4. The molecule has 0 radical (unpaired) electrons. The largest absolute Gasteiger partial charge is 0.370 e. The van der Waals surface area contributed by atoms with Gasteiger partial charge in [-0.2, -0.15) is 0 Å². The Morgan fingerprint density at radius 2 is 1.94 bits per heavy atom. The van der Waals surface area contributed by atoms with Gasteiger partial charge in [-0.05, 0) is 17.2 Å². The molecule has 1 aliphatic rings. The zero-order chi connectivity index (χ0) is 21.8. The molecule has 2 N–H and O–H groups in total. The number of aliphatic imine (C=N–C) groups is 1. The number of nitrogens with zero attached hydrogens (tertiary/aromatic N) is 3. The van der Waals surface area contributed by atoms with Crippen molar-refractivity contribution in [3.8, 4) is 11.1 Å². The van der Waals surface area contributed by atoms with E-state index in [1.54, 1.807) is 12.1 Å². The third-order valence-electron chi connectivity index (χ3n) is 5.64. The Morgan fingerprint density at radius 1 is 1.19 bits per heavy atom. The summed E-state index contributed by atoms with van der Waals surface area (Å²) in [6.45, 7) is 3.41. The summed E-state index contributed by atoms with van der Waals surface area (Å²) >= 11 is 0. The first-order valence-corrected chi connectivity index (χ1v) is 10.4. The van der Waals surface area contributed by atoms with Crippen LogP contribution in [0.2, 0.25) is 0 Å². The SMILES string of the molecule is CC(c1ccc(-c2ccccc2)c(F)c1)c1cc(CN=C(N)N2CCC(=O)CC2)on1.